The van der Waals surface area contributed by atoms with Gasteiger partial charge in [-0.15, -0.1) is 11.3 Å². The monoisotopic (exact) mass is 366 g/mol. The zero-order valence-electron chi connectivity index (χ0n) is 14.8. The lowest BCUT2D eigenvalue weighted by molar-refractivity contribution is -0.143. The zero-order valence-corrected chi connectivity index (χ0v) is 15.6. The van der Waals surface area contributed by atoms with Gasteiger partial charge in [0.1, 0.15) is 16.9 Å². The Morgan fingerprint density at radius 1 is 1.24 bits per heavy atom. The number of carboxylic acid groups (broad SMARTS) is 1. The molecule has 136 valence electrons. The summed E-state index contributed by atoms with van der Waals surface area (Å²) >= 11 is 1.29. The van der Waals surface area contributed by atoms with Gasteiger partial charge in [0.05, 0.1) is 10.6 Å². The molecule has 0 saturated heterocycles. The number of hydrogen-bond acceptors (Lipinski definition) is 5. The van der Waals surface area contributed by atoms with E-state index in [9.17, 15) is 14.4 Å². The molecule has 0 radical (unpaired) electrons. The van der Waals surface area contributed by atoms with Crippen LogP contribution in [0.1, 0.15) is 36.1 Å². The van der Waals surface area contributed by atoms with Crippen LogP contribution in [-0.2, 0) is 16.6 Å². The number of fused-ring (bicyclic) bond motifs is 1. The fourth-order valence-corrected chi connectivity index (χ4v) is 3.47. The number of thiophene rings is 1. The fourth-order valence-electron chi connectivity index (χ4n) is 2.44. The van der Waals surface area contributed by atoms with Gasteiger partial charge in [0.2, 0.25) is 5.91 Å². The van der Waals surface area contributed by atoms with Crippen molar-refractivity contribution in [3.05, 3.63) is 16.6 Å². The minimum absolute atomic E-state index is 0.262. The van der Waals surface area contributed by atoms with Gasteiger partial charge in [0, 0.05) is 12.4 Å². The molecular formula is C16H22N4O4S. The van der Waals surface area contributed by atoms with Crippen LogP contribution >= 0.6 is 11.3 Å². The topological polar surface area (TPSA) is 113 Å². The zero-order chi connectivity index (χ0) is 18.9. The van der Waals surface area contributed by atoms with Crippen molar-refractivity contribution in [3.8, 4) is 0 Å². The minimum Gasteiger partial charge on any atom is -0.480 e. The van der Waals surface area contributed by atoms with Crippen molar-refractivity contribution in [2.75, 3.05) is 0 Å². The number of nitrogens with zero attached hydrogens (tertiary/aromatic N) is 2. The van der Waals surface area contributed by atoms with Gasteiger partial charge in [-0.3, -0.25) is 14.3 Å². The number of carbonyl (C=O) groups is 3. The maximum absolute atomic E-state index is 12.4. The summed E-state index contributed by atoms with van der Waals surface area (Å²) in [7, 11) is 1.81. The number of aromatic nitrogens is 2. The maximum atomic E-state index is 12.4. The molecule has 0 aliphatic rings. The normalized spacial score (nSPS) is 13.7. The highest BCUT2D eigenvalue weighted by atomic mass is 32.1. The molecule has 8 nitrogen and oxygen atoms in total. The van der Waals surface area contributed by atoms with Crippen LogP contribution < -0.4 is 10.6 Å². The molecule has 0 saturated carbocycles. The van der Waals surface area contributed by atoms with E-state index in [4.69, 9.17) is 5.11 Å². The summed E-state index contributed by atoms with van der Waals surface area (Å²) < 4.78 is 1.71. The number of aliphatic carboxylic acids is 1. The van der Waals surface area contributed by atoms with Crippen LogP contribution in [0.5, 0.6) is 0 Å². The molecule has 3 N–H and O–H groups in total. The summed E-state index contributed by atoms with van der Waals surface area (Å²) in [6.45, 7) is 6.79. The Balaban J connectivity index is 2.06. The molecule has 2 rings (SSSR count). The summed E-state index contributed by atoms with van der Waals surface area (Å²) in [4.78, 5) is 37.1. The fraction of sp³-hybridized carbons (Fsp3) is 0.500. The first-order valence-corrected chi connectivity index (χ1v) is 8.70. The number of aryl methyl sites for hydroxylation is 2. The van der Waals surface area contributed by atoms with Crippen LogP contribution in [0.2, 0.25) is 0 Å². The lowest BCUT2D eigenvalue weighted by Crippen LogP contribution is -2.51. The number of hydrogen-bond donors (Lipinski definition) is 3. The molecule has 1 unspecified atom stereocenters. The predicted octanol–water partition coefficient (Wildman–Crippen LogP) is 1.29. The van der Waals surface area contributed by atoms with Gasteiger partial charge in [-0.25, -0.2) is 4.79 Å². The molecule has 0 aliphatic carbocycles. The smallest absolute Gasteiger partial charge is 0.326 e. The van der Waals surface area contributed by atoms with Crippen LogP contribution in [0.15, 0.2) is 6.07 Å². The molecule has 0 bridgehead atoms. The Labute approximate surface area is 149 Å². The second-order valence-electron chi connectivity index (χ2n) is 6.30. The van der Waals surface area contributed by atoms with Gasteiger partial charge in [-0.05, 0) is 25.8 Å². The quantitative estimate of drug-likeness (QED) is 0.713. The molecule has 2 atom stereocenters. The molecule has 0 aromatic carbocycles. The van der Waals surface area contributed by atoms with Gasteiger partial charge in [0.15, 0.2) is 0 Å². The third-order valence-electron chi connectivity index (χ3n) is 3.89. The Morgan fingerprint density at radius 3 is 2.40 bits per heavy atom. The van der Waals surface area contributed by atoms with Crippen LogP contribution in [0.3, 0.4) is 0 Å². The van der Waals surface area contributed by atoms with Crippen molar-refractivity contribution in [2.24, 2.45) is 13.0 Å². The Bertz CT molecular complexity index is 789. The van der Waals surface area contributed by atoms with E-state index >= 15 is 0 Å². The number of amides is 2. The van der Waals surface area contributed by atoms with E-state index < -0.39 is 24.0 Å². The molecule has 25 heavy (non-hydrogen) atoms. The van der Waals surface area contributed by atoms with Gasteiger partial charge in [0.25, 0.3) is 5.91 Å². The molecule has 2 aromatic rings. The highest BCUT2D eigenvalue weighted by molar-refractivity contribution is 7.20. The van der Waals surface area contributed by atoms with E-state index in [1.807, 2.05) is 14.0 Å². The van der Waals surface area contributed by atoms with Crippen LogP contribution in [-0.4, -0.2) is 44.8 Å². The van der Waals surface area contributed by atoms with Crippen molar-refractivity contribution in [1.29, 1.82) is 0 Å². The predicted molar refractivity (Wildman–Crippen MR) is 94.7 cm³/mol. The average molecular weight is 366 g/mol. The lowest BCUT2D eigenvalue weighted by Gasteiger charge is -2.20. The number of nitrogens with one attached hydrogen (secondary N) is 2. The molecule has 9 heteroatoms. The van der Waals surface area contributed by atoms with E-state index in [1.165, 1.54) is 18.3 Å². The van der Waals surface area contributed by atoms with Crippen LogP contribution in [0, 0.1) is 12.8 Å². The standard InChI is InChI=1S/C16H22N4O4S/c1-7(2)12(16(23)24)18-13(21)9(4)17-14(22)11-6-10-8(3)19-20(5)15(10)25-11/h6-7,9,12H,1-5H3,(H,17,22)(H,18,21)(H,23,24)/t9?,12-/m1/s1. The third kappa shape index (κ3) is 3.98. The number of rotatable bonds is 6. The maximum Gasteiger partial charge on any atom is 0.326 e. The molecular weight excluding hydrogens is 344 g/mol. The highest BCUT2D eigenvalue weighted by Crippen LogP contribution is 2.27. The SMILES string of the molecule is Cc1nn(C)c2sc(C(=O)NC(C)C(=O)N[C@@H](C(=O)O)C(C)C)cc12. The first-order valence-electron chi connectivity index (χ1n) is 7.89. The van der Waals surface area contributed by atoms with Gasteiger partial charge in [-0.2, -0.15) is 5.10 Å². The molecule has 0 fully saturated rings. The largest absolute Gasteiger partial charge is 0.480 e. The summed E-state index contributed by atoms with van der Waals surface area (Å²) in [5.41, 5.74) is 0.833. The van der Waals surface area contributed by atoms with Crippen molar-refractivity contribution in [1.82, 2.24) is 20.4 Å². The average Bonchev–Trinajstić information content (AvgIpc) is 3.06. The van der Waals surface area contributed by atoms with Gasteiger partial charge < -0.3 is 15.7 Å². The second-order valence-corrected chi connectivity index (χ2v) is 7.33. The van der Waals surface area contributed by atoms with E-state index in [2.05, 4.69) is 15.7 Å². The molecule has 2 amide bonds. The van der Waals surface area contributed by atoms with Gasteiger partial charge in [-0.1, -0.05) is 13.8 Å². The Kier molecular flexibility index (Phi) is 5.46. The van der Waals surface area contributed by atoms with Crippen LogP contribution in [0.25, 0.3) is 10.2 Å². The van der Waals surface area contributed by atoms with E-state index in [1.54, 1.807) is 24.6 Å². The molecule has 2 heterocycles. The first kappa shape index (κ1) is 18.9. The minimum atomic E-state index is -1.10. The first-order chi connectivity index (χ1) is 11.6. The molecule has 0 aliphatic heterocycles. The summed E-state index contributed by atoms with van der Waals surface area (Å²) in [5, 5.41) is 19.4. The summed E-state index contributed by atoms with van der Waals surface area (Å²) in [6.07, 6.45) is 0. The Hall–Kier alpha value is -2.42. The number of carboxylic acids is 1. The van der Waals surface area contributed by atoms with E-state index in [-0.39, 0.29) is 11.8 Å². The van der Waals surface area contributed by atoms with Gasteiger partial charge >= 0.3 is 5.97 Å². The van der Waals surface area contributed by atoms with Crippen molar-refractivity contribution in [2.45, 2.75) is 39.8 Å². The Morgan fingerprint density at radius 2 is 1.88 bits per heavy atom. The second kappa shape index (κ2) is 7.22. The third-order valence-corrected chi connectivity index (χ3v) is 5.09. The van der Waals surface area contributed by atoms with Crippen molar-refractivity contribution >= 4 is 39.3 Å². The lowest BCUT2D eigenvalue weighted by atomic mass is 10.0. The highest BCUT2D eigenvalue weighted by Gasteiger charge is 2.27. The van der Waals surface area contributed by atoms with Crippen LogP contribution in [0.4, 0.5) is 0 Å². The molecule has 2 aromatic heterocycles. The van der Waals surface area contributed by atoms with Crippen molar-refractivity contribution < 1.29 is 19.5 Å². The van der Waals surface area contributed by atoms with E-state index in [0.29, 0.717) is 4.88 Å². The molecule has 0 spiro atoms. The summed E-state index contributed by atoms with van der Waals surface area (Å²) in [5.74, 6) is -2.27. The summed E-state index contributed by atoms with van der Waals surface area (Å²) in [6, 6.07) is -0.0985. The van der Waals surface area contributed by atoms with Crippen molar-refractivity contribution in [3.63, 3.8) is 0 Å². The van der Waals surface area contributed by atoms with E-state index in [0.717, 1.165) is 15.9 Å². The number of carbonyl (C=O) groups excluding carboxylic acids is 2.